The molecule has 2 aliphatic heterocycles. The molecule has 2 aliphatic rings. The first-order valence-corrected chi connectivity index (χ1v) is 16.7. The first-order valence-electron chi connectivity index (χ1n) is 16.7. The van der Waals surface area contributed by atoms with Crippen LogP contribution in [0.1, 0.15) is 38.7 Å². The minimum Gasteiger partial charge on any atom is -0.444 e. The molecule has 49 heavy (non-hydrogen) atoms. The molecule has 2 N–H and O–H groups in total. The van der Waals surface area contributed by atoms with Gasteiger partial charge in [0.2, 0.25) is 6.41 Å². The number of anilines is 1. The molecule has 2 saturated heterocycles. The number of nitrogen functional groups attached to an aromatic ring is 1. The minimum atomic E-state index is -0.459. The van der Waals surface area contributed by atoms with E-state index in [0.717, 1.165) is 59.0 Å². The second-order valence-electron chi connectivity index (χ2n) is 13.6. The number of aromatic nitrogens is 4. The molecule has 1 unspecified atom stereocenters. The monoisotopic (exact) mass is 660 g/mol. The first kappa shape index (κ1) is 33.6. The summed E-state index contributed by atoms with van der Waals surface area (Å²) < 4.78 is 7.32. The average molecular weight is 661 g/mol. The van der Waals surface area contributed by atoms with E-state index >= 15 is 0 Å². The van der Waals surface area contributed by atoms with E-state index in [-0.39, 0.29) is 6.09 Å². The maximum absolute atomic E-state index is 11.6. The summed E-state index contributed by atoms with van der Waals surface area (Å²) in [6.45, 7) is 10.0. The number of hydrogen-bond acceptors (Lipinski definition) is 8. The van der Waals surface area contributed by atoms with Crippen LogP contribution >= 0.6 is 0 Å². The highest BCUT2D eigenvalue weighted by atomic mass is 16.6. The molecule has 5 aromatic rings. The second kappa shape index (κ2) is 14.4. The number of imidazole rings is 1. The van der Waals surface area contributed by atoms with E-state index in [1.54, 1.807) is 16.0 Å². The molecule has 254 valence electrons. The van der Waals surface area contributed by atoms with Crippen LogP contribution in [-0.2, 0) is 9.53 Å². The van der Waals surface area contributed by atoms with Gasteiger partial charge in [0, 0.05) is 50.2 Å². The molecule has 0 spiro atoms. The Morgan fingerprint density at radius 3 is 2.27 bits per heavy atom. The molecule has 0 bridgehead atoms. The Bertz CT molecular complexity index is 1890. The molecule has 2 amide bonds. The molecule has 3 aromatic heterocycles. The van der Waals surface area contributed by atoms with Gasteiger partial charge >= 0.3 is 6.09 Å². The van der Waals surface area contributed by atoms with Crippen LogP contribution < -0.4 is 5.73 Å². The number of carbonyl (C=O) groups is 2. The third-order valence-corrected chi connectivity index (χ3v) is 8.78. The predicted octanol–water partition coefficient (Wildman–Crippen LogP) is 5.85. The molecule has 1 atom stereocenters. The number of nitrogens with zero attached hydrogens (tertiary/aromatic N) is 7. The molecule has 0 radical (unpaired) electrons. The highest BCUT2D eigenvalue weighted by Gasteiger charge is 2.25. The quantitative estimate of drug-likeness (QED) is 0.233. The van der Waals surface area contributed by atoms with Gasteiger partial charge in [0.15, 0.2) is 11.5 Å². The number of hydrogen-bond donors (Lipinski definition) is 1. The Kier molecular flexibility index (Phi) is 9.91. The Hall–Kier alpha value is -5.29. The molecule has 11 nitrogen and oxygen atoms in total. The number of likely N-dealkylation sites (N-methyl/N-ethyl adjacent to an activating group) is 1. The predicted molar refractivity (Wildman–Crippen MR) is 192 cm³/mol. The lowest BCUT2D eigenvalue weighted by Gasteiger charge is -2.33. The Morgan fingerprint density at radius 2 is 1.63 bits per heavy atom. The summed E-state index contributed by atoms with van der Waals surface area (Å²) in [6, 6.07) is 26.9. The molecular formula is C38H44N8O3. The molecular weight excluding hydrogens is 616 g/mol. The lowest BCUT2D eigenvalue weighted by atomic mass is 9.98. The van der Waals surface area contributed by atoms with Crippen LogP contribution in [0.5, 0.6) is 0 Å². The van der Waals surface area contributed by atoms with Crippen LogP contribution in [0, 0.1) is 0 Å². The van der Waals surface area contributed by atoms with Gasteiger partial charge in [-0.15, -0.1) is 0 Å². The van der Waals surface area contributed by atoms with Crippen molar-refractivity contribution in [3.63, 3.8) is 0 Å². The normalized spacial score (nSPS) is 16.7. The number of pyridine rings is 2. The molecule has 2 fully saturated rings. The Morgan fingerprint density at radius 1 is 0.898 bits per heavy atom. The third kappa shape index (κ3) is 7.89. The third-order valence-electron chi connectivity index (χ3n) is 8.78. The van der Waals surface area contributed by atoms with Gasteiger partial charge in [0.1, 0.15) is 16.9 Å². The molecule has 0 saturated carbocycles. The van der Waals surface area contributed by atoms with Crippen LogP contribution in [0.3, 0.4) is 0 Å². The maximum Gasteiger partial charge on any atom is 0.410 e. The van der Waals surface area contributed by atoms with Crippen LogP contribution in [0.2, 0.25) is 0 Å². The molecule has 0 aliphatic carbocycles. The van der Waals surface area contributed by atoms with Crippen LogP contribution in [-0.4, -0.2) is 98.6 Å². The first-order chi connectivity index (χ1) is 23.6. The van der Waals surface area contributed by atoms with Crippen molar-refractivity contribution in [1.29, 1.82) is 0 Å². The average Bonchev–Trinajstić information content (AvgIpc) is 3.72. The number of carbonyl (C=O) groups excluding carboxylic acids is 2. The zero-order chi connectivity index (χ0) is 34.5. The van der Waals surface area contributed by atoms with E-state index < -0.39 is 5.60 Å². The number of rotatable bonds is 5. The summed E-state index contributed by atoms with van der Waals surface area (Å²) in [4.78, 5) is 42.0. The summed E-state index contributed by atoms with van der Waals surface area (Å²) in [5, 5.41) is 0. The smallest absolute Gasteiger partial charge is 0.410 e. The van der Waals surface area contributed by atoms with Crippen molar-refractivity contribution < 1.29 is 14.3 Å². The number of nitrogens with two attached hydrogens (primary N) is 1. The van der Waals surface area contributed by atoms with E-state index in [0.29, 0.717) is 37.9 Å². The van der Waals surface area contributed by atoms with Crippen LogP contribution in [0.4, 0.5) is 10.6 Å². The fourth-order valence-corrected chi connectivity index (χ4v) is 6.20. The van der Waals surface area contributed by atoms with Gasteiger partial charge in [-0.3, -0.25) is 9.36 Å². The molecule has 11 heteroatoms. The fraction of sp³-hybridized carbons (Fsp3) is 0.342. The van der Waals surface area contributed by atoms with Crippen molar-refractivity contribution in [3.8, 4) is 28.3 Å². The SMILES string of the molecule is CC(C)(C)OC(=O)N1CCN(C=O)CC1.CN1CCC(c2ccc(-n3c(-c4cccnc4N)nc4ccc(-c5ccccc5)nc43)cc2)C1. The summed E-state index contributed by atoms with van der Waals surface area (Å²) in [5.41, 5.74) is 12.6. The number of amides is 2. The molecule has 7 rings (SSSR count). The van der Waals surface area contributed by atoms with E-state index in [4.69, 9.17) is 20.4 Å². The lowest BCUT2D eigenvalue weighted by molar-refractivity contribution is -0.119. The largest absolute Gasteiger partial charge is 0.444 e. The van der Waals surface area contributed by atoms with Crippen molar-refractivity contribution in [2.45, 2.75) is 38.7 Å². The van der Waals surface area contributed by atoms with E-state index in [9.17, 15) is 9.59 Å². The van der Waals surface area contributed by atoms with Crippen molar-refractivity contribution >= 4 is 29.5 Å². The van der Waals surface area contributed by atoms with E-state index in [1.807, 2.05) is 63.2 Å². The zero-order valence-corrected chi connectivity index (χ0v) is 28.6. The fourth-order valence-electron chi connectivity index (χ4n) is 6.20. The van der Waals surface area contributed by atoms with E-state index in [2.05, 4.69) is 57.9 Å². The Balaban J connectivity index is 0.000000235. The van der Waals surface area contributed by atoms with Gasteiger partial charge in [-0.2, -0.15) is 0 Å². The summed E-state index contributed by atoms with van der Waals surface area (Å²) in [5.74, 6) is 1.77. The second-order valence-corrected chi connectivity index (χ2v) is 13.6. The standard InChI is InChI=1S/C28H26N6.C10H18N2O3/c1-33-17-15-21(18-33)19-9-11-22(12-10-19)34-27(23-8-5-16-30-26(23)29)32-25-14-13-24(31-28(25)34)20-6-3-2-4-7-20;1-10(2,3)15-9(14)12-6-4-11(8-13)5-7-12/h2-14,16,21H,15,17-18H2,1H3,(H2,29,30);8H,4-7H2,1-3H3. The van der Waals surface area contributed by atoms with Crippen molar-refractivity contribution in [1.82, 2.24) is 34.2 Å². The number of benzene rings is 2. The summed E-state index contributed by atoms with van der Waals surface area (Å²) in [6.07, 6.45) is 3.41. The van der Waals surface area contributed by atoms with Gasteiger partial charge in [-0.05, 0) is 88.7 Å². The topological polar surface area (TPSA) is 123 Å². The zero-order valence-electron chi connectivity index (χ0n) is 28.6. The van der Waals surface area contributed by atoms with Gasteiger partial charge in [-0.1, -0.05) is 42.5 Å². The number of ether oxygens (including phenoxy) is 1. The van der Waals surface area contributed by atoms with Gasteiger partial charge < -0.3 is 25.2 Å². The molecule has 2 aromatic carbocycles. The van der Waals surface area contributed by atoms with Crippen molar-refractivity contribution in [2.24, 2.45) is 0 Å². The van der Waals surface area contributed by atoms with Gasteiger partial charge in [-0.25, -0.2) is 19.7 Å². The highest BCUT2D eigenvalue weighted by molar-refractivity contribution is 5.84. The highest BCUT2D eigenvalue weighted by Crippen LogP contribution is 2.33. The van der Waals surface area contributed by atoms with Crippen LogP contribution in [0.25, 0.3) is 39.5 Å². The molecule has 5 heterocycles. The summed E-state index contributed by atoms with van der Waals surface area (Å²) >= 11 is 0. The Labute approximate surface area is 287 Å². The van der Waals surface area contributed by atoms with E-state index in [1.165, 1.54) is 12.0 Å². The van der Waals surface area contributed by atoms with Crippen molar-refractivity contribution in [2.75, 3.05) is 52.0 Å². The number of fused-ring (bicyclic) bond motifs is 1. The lowest BCUT2D eigenvalue weighted by Crippen LogP contribution is -2.49. The number of piperazine rings is 1. The van der Waals surface area contributed by atoms with Crippen LogP contribution in [0.15, 0.2) is 85.1 Å². The summed E-state index contributed by atoms with van der Waals surface area (Å²) in [7, 11) is 2.19. The van der Waals surface area contributed by atoms with Crippen molar-refractivity contribution in [3.05, 3.63) is 90.6 Å². The van der Waals surface area contributed by atoms with Gasteiger partial charge in [0.05, 0.1) is 11.3 Å². The maximum atomic E-state index is 11.6. The minimum absolute atomic E-state index is 0.298. The number of likely N-dealkylation sites (tertiary alicyclic amines) is 1. The van der Waals surface area contributed by atoms with Gasteiger partial charge in [0.25, 0.3) is 0 Å².